The molecule has 0 heterocycles. The van der Waals surface area contributed by atoms with E-state index in [1.54, 1.807) is 6.92 Å². The van der Waals surface area contributed by atoms with Crippen molar-refractivity contribution in [1.29, 1.82) is 0 Å². The fourth-order valence-electron chi connectivity index (χ4n) is 1.35. The van der Waals surface area contributed by atoms with E-state index in [0.29, 0.717) is 0 Å². The monoisotopic (exact) mass is 550 g/mol. The van der Waals surface area contributed by atoms with Gasteiger partial charge in [0, 0.05) is 11.8 Å². The SMILES string of the molecule is C#CC#CC#CC#CC#CC#CC#CC(=O)OC[C@H](COP(=O)([O-])[O-])OC(=O)C#CC#CC#CC#CC.[Na+].[Na+]. The number of hydrogen-bond donors (Lipinski definition) is 0. The maximum Gasteiger partial charge on any atom is 1.00 e. The maximum absolute atomic E-state index is 11.7. The van der Waals surface area contributed by atoms with Gasteiger partial charge in [0.05, 0.1) is 14.4 Å². The molecule has 0 aromatic carbocycles. The van der Waals surface area contributed by atoms with Gasteiger partial charge in [-0.15, -0.1) is 6.42 Å². The zero-order valence-electron chi connectivity index (χ0n) is 20.8. The van der Waals surface area contributed by atoms with Crippen molar-refractivity contribution in [2.24, 2.45) is 0 Å². The Kier molecular flexibility index (Phi) is 27.8. The first kappa shape index (κ1) is 39.7. The number of esters is 2. The summed E-state index contributed by atoms with van der Waals surface area (Å²) < 4.78 is 24.2. The van der Waals surface area contributed by atoms with Crippen LogP contribution in [0.3, 0.4) is 0 Å². The molecule has 0 amide bonds. The van der Waals surface area contributed by atoms with Gasteiger partial charge in [0.1, 0.15) is 6.61 Å². The van der Waals surface area contributed by atoms with Crippen LogP contribution in [0.2, 0.25) is 0 Å². The molecule has 0 saturated heterocycles. The van der Waals surface area contributed by atoms with Crippen molar-refractivity contribution in [2.75, 3.05) is 13.2 Å². The van der Waals surface area contributed by atoms with Gasteiger partial charge in [-0.25, -0.2) is 9.59 Å². The molecule has 39 heavy (non-hydrogen) atoms. The topological polar surface area (TPSA) is 125 Å². The minimum atomic E-state index is -5.40. The number of carbonyl (C=O) groups excluding carboxylic acids is 2. The van der Waals surface area contributed by atoms with Crippen molar-refractivity contribution in [3.63, 3.8) is 0 Å². The predicted octanol–water partition coefficient (Wildman–Crippen LogP) is -8.02. The summed E-state index contributed by atoms with van der Waals surface area (Å²) in [6, 6.07) is 0. The number of phosphoric ester groups is 1. The first-order valence-electron chi connectivity index (χ1n) is 9.22. The Bertz CT molecular complexity index is 1630. The molecule has 0 rings (SSSR count). The smallest absolute Gasteiger partial charge is 0.790 e. The summed E-state index contributed by atoms with van der Waals surface area (Å²) in [6.45, 7) is -0.0465. The Hall–Kier alpha value is -3.79. The van der Waals surface area contributed by atoms with Crippen molar-refractivity contribution in [2.45, 2.75) is 13.0 Å². The standard InChI is InChI=1S/C28H11O8P.2Na/c1-3-5-7-9-11-12-13-14-15-17-18-20-22-27(29)34-24-26(25-35-37(31,32)33)36-28(30)23-21-19-16-10-8-6-4-2;;/h1,26H,24-25H2,2H3,(H2,31,32,33);;/q;2*+1/p-2/t26-;;/m1../s1. The van der Waals surface area contributed by atoms with Gasteiger partial charge < -0.3 is 28.3 Å². The van der Waals surface area contributed by atoms with E-state index in [9.17, 15) is 23.9 Å². The van der Waals surface area contributed by atoms with Gasteiger partial charge in [-0.2, -0.15) is 0 Å². The second-order valence-electron chi connectivity index (χ2n) is 5.14. The van der Waals surface area contributed by atoms with Gasteiger partial charge in [-0.1, -0.05) is 5.92 Å². The normalized spacial score (nSPS) is 7.44. The van der Waals surface area contributed by atoms with E-state index < -0.39 is 39.1 Å². The summed E-state index contributed by atoms with van der Waals surface area (Å²) in [4.78, 5) is 44.7. The molecule has 0 aliphatic carbocycles. The zero-order valence-corrected chi connectivity index (χ0v) is 25.7. The summed E-state index contributed by atoms with van der Waals surface area (Å²) in [6.07, 6.45) is 3.41. The third kappa shape index (κ3) is 30.3. The Morgan fingerprint density at radius 3 is 1.54 bits per heavy atom. The van der Waals surface area contributed by atoms with Crippen LogP contribution in [0, 0.1) is 131 Å². The molecule has 0 aliphatic heterocycles. The van der Waals surface area contributed by atoms with E-state index in [0.717, 1.165) is 0 Å². The molecular weight excluding hydrogens is 541 g/mol. The van der Waals surface area contributed by atoms with Crippen LogP contribution >= 0.6 is 7.82 Å². The Balaban J connectivity index is -0.00000648. The summed E-state index contributed by atoms with van der Waals surface area (Å²) in [7, 11) is -5.40. The van der Waals surface area contributed by atoms with Gasteiger partial charge in [-0.3, -0.25) is 0 Å². The molecule has 0 aromatic heterocycles. The van der Waals surface area contributed by atoms with Gasteiger partial charge in [0.2, 0.25) is 0 Å². The number of hydrogen-bond acceptors (Lipinski definition) is 8. The second kappa shape index (κ2) is 27.3. The minimum absolute atomic E-state index is 0. The summed E-state index contributed by atoms with van der Waals surface area (Å²) >= 11 is 0. The molecule has 0 unspecified atom stereocenters. The number of phosphoric acid groups is 1. The van der Waals surface area contributed by atoms with Crippen LogP contribution in [0.15, 0.2) is 0 Å². The van der Waals surface area contributed by atoms with Gasteiger partial charge >= 0.3 is 71.1 Å². The maximum atomic E-state index is 11.7. The molecule has 0 bridgehead atoms. The number of carbonyl (C=O) groups is 2. The first-order chi connectivity index (χ1) is 17.8. The van der Waals surface area contributed by atoms with Gasteiger partial charge in [-0.05, 0) is 113 Å². The average Bonchev–Trinajstić information content (AvgIpc) is 2.85. The second-order valence-corrected chi connectivity index (χ2v) is 6.29. The summed E-state index contributed by atoms with van der Waals surface area (Å²) in [5.74, 6) is 45.6. The van der Waals surface area contributed by atoms with E-state index in [2.05, 4.69) is 117 Å². The minimum Gasteiger partial charge on any atom is -0.790 e. The number of terminal acetylenes is 1. The fraction of sp³-hybridized carbons (Fsp3) is 0.143. The van der Waals surface area contributed by atoms with Crippen molar-refractivity contribution in [3.8, 4) is 131 Å². The quantitative estimate of drug-likeness (QED) is 0.105. The van der Waals surface area contributed by atoms with Crippen LogP contribution in [0.5, 0.6) is 0 Å². The molecule has 0 fully saturated rings. The predicted molar refractivity (Wildman–Crippen MR) is 127 cm³/mol. The van der Waals surface area contributed by atoms with Crippen LogP contribution in [0.4, 0.5) is 0 Å². The molecule has 0 radical (unpaired) electrons. The van der Waals surface area contributed by atoms with Crippen LogP contribution in [-0.2, 0) is 28.2 Å². The summed E-state index contributed by atoms with van der Waals surface area (Å²) in [5, 5.41) is 0. The molecule has 0 spiro atoms. The molecular formula is C28H9Na2O8P. The molecule has 0 N–H and O–H groups in total. The largest absolute Gasteiger partial charge is 1.00 e. The van der Waals surface area contributed by atoms with Crippen molar-refractivity contribution in [3.05, 3.63) is 0 Å². The van der Waals surface area contributed by atoms with Crippen LogP contribution in [-0.4, -0.2) is 31.3 Å². The van der Waals surface area contributed by atoms with E-state index in [-0.39, 0.29) is 59.1 Å². The van der Waals surface area contributed by atoms with Crippen LogP contribution < -0.4 is 68.9 Å². The first-order valence-corrected chi connectivity index (χ1v) is 10.7. The van der Waals surface area contributed by atoms with Crippen molar-refractivity contribution < 1.29 is 97.1 Å². The van der Waals surface area contributed by atoms with E-state index in [1.807, 2.05) is 11.8 Å². The third-order valence-corrected chi connectivity index (χ3v) is 3.02. The van der Waals surface area contributed by atoms with Crippen LogP contribution in [0.25, 0.3) is 0 Å². The molecule has 176 valence electrons. The Morgan fingerprint density at radius 1 is 0.692 bits per heavy atom. The van der Waals surface area contributed by atoms with E-state index >= 15 is 0 Å². The van der Waals surface area contributed by atoms with Crippen molar-refractivity contribution in [1.82, 2.24) is 0 Å². The third-order valence-electron chi connectivity index (χ3n) is 2.56. The summed E-state index contributed by atoms with van der Waals surface area (Å²) in [5.41, 5.74) is 0. The molecule has 0 saturated carbocycles. The number of ether oxygens (including phenoxy) is 2. The van der Waals surface area contributed by atoms with E-state index in [1.165, 1.54) is 0 Å². The molecule has 0 aromatic rings. The van der Waals surface area contributed by atoms with Gasteiger partial charge in [0.15, 0.2) is 6.10 Å². The Morgan fingerprint density at radius 2 is 1.10 bits per heavy atom. The van der Waals surface area contributed by atoms with Gasteiger partial charge in [0.25, 0.3) is 0 Å². The van der Waals surface area contributed by atoms with Crippen molar-refractivity contribution >= 4 is 19.8 Å². The zero-order chi connectivity index (χ0) is 27.6. The average molecular weight is 550 g/mol. The fourth-order valence-corrected chi connectivity index (χ4v) is 1.69. The van der Waals surface area contributed by atoms with E-state index in [4.69, 9.17) is 15.9 Å². The number of rotatable bonds is 6. The molecule has 1 atom stereocenters. The molecule has 11 heteroatoms. The van der Waals surface area contributed by atoms with Crippen LogP contribution in [0.1, 0.15) is 6.92 Å². The Labute approximate surface area is 271 Å². The molecule has 0 aliphatic rings. The molecule has 8 nitrogen and oxygen atoms in total.